The maximum absolute atomic E-state index is 12.4. The Morgan fingerprint density at radius 1 is 1.15 bits per heavy atom. The lowest BCUT2D eigenvalue weighted by Crippen LogP contribution is -2.41. The van der Waals surface area contributed by atoms with Crippen LogP contribution in [0.15, 0.2) is 48.5 Å². The molecule has 0 bridgehead atoms. The number of carbonyl (C=O) groups excluding carboxylic acids is 2. The molecule has 2 aromatic carbocycles. The standard InChI is InChI=1S/C17H15F2N3O5/c1-10(20-16(24)11-5-4-6-12(9-11)22(25)26)15(23)21-13-7-2-3-8-14(13)27-17(18)19/h2-10,17H,1H3,(H,20,24)(H,21,23). The Morgan fingerprint density at radius 2 is 1.85 bits per heavy atom. The highest BCUT2D eigenvalue weighted by atomic mass is 19.3. The Kier molecular flexibility index (Phi) is 6.36. The maximum Gasteiger partial charge on any atom is 0.387 e. The molecule has 2 amide bonds. The normalized spacial score (nSPS) is 11.6. The van der Waals surface area contributed by atoms with Crippen molar-refractivity contribution in [2.24, 2.45) is 0 Å². The number of nitrogens with one attached hydrogen (secondary N) is 2. The van der Waals surface area contributed by atoms with E-state index in [1.165, 1.54) is 49.4 Å². The third-order valence-electron chi connectivity index (χ3n) is 3.42. The number of anilines is 1. The zero-order valence-corrected chi connectivity index (χ0v) is 14.0. The average Bonchev–Trinajstić information content (AvgIpc) is 2.62. The van der Waals surface area contributed by atoms with Gasteiger partial charge in [-0.25, -0.2) is 0 Å². The molecule has 1 unspecified atom stereocenters. The molecule has 142 valence electrons. The molecule has 0 aromatic heterocycles. The highest BCUT2D eigenvalue weighted by Gasteiger charge is 2.20. The van der Waals surface area contributed by atoms with Crippen molar-refractivity contribution >= 4 is 23.2 Å². The molecule has 0 saturated heterocycles. The SMILES string of the molecule is CC(NC(=O)c1cccc([N+](=O)[O-])c1)C(=O)Nc1ccccc1OC(F)F. The van der Waals surface area contributed by atoms with Crippen molar-refractivity contribution in [1.29, 1.82) is 0 Å². The smallest absolute Gasteiger partial charge is 0.387 e. The topological polar surface area (TPSA) is 111 Å². The largest absolute Gasteiger partial charge is 0.433 e. The number of nitro groups is 1. The number of amides is 2. The van der Waals surface area contributed by atoms with E-state index in [0.717, 1.165) is 6.07 Å². The fourth-order valence-corrected chi connectivity index (χ4v) is 2.12. The van der Waals surface area contributed by atoms with Crippen LogP contribution in [-0.2, 0) is 4.79 Å². The molecule has 27 heavy (non-hydrogen) atoms. The van der Waals surface area contributed by atoms with Gasteiger partial charge in [-0.3, -0.25) is 19.7 Å². The number of nitro benzene ring substituents is 1. The summed E-state index contributed by atoms with van der Waals surface area (Å²) in [5.74, 6) is -1.60. The van der Waals surface area contributed by atoms with E-state index < -0.39 is 29.4 Å². The van der Waals surface area contributed by atoms with E-state index in [1.807, 2.05) is 0 Å². The summed E-state index contributed by atoms with van der Waals surface area (Å²) in [6.07, 6.45) is 0. The minimum Gasteiger partial charge on any atom is -0.433 e. The summed E-state index contributed by atoms with van der Waals surface area (Å²) in [5, 5.41) is 15.5. The lowest BCUT2D eigenvalue weighted by Gasteiger charge is -2.16. The number of hydrogen-bond donors (Lipinski definition) is 2. The molecule has 0 heterocycles. The van der Waals surface area contributed by atoms with Crippen LogP contribution < -0.4 is 15.4 Å². The van der Waals surface area contributed by atoms with Crippen LogP contribution in [0, 0.1) is 10.1 Å². The molecule has 0 aliphatic heterocycles. The van der Waals surface area contributed by atoms with E-state index in [-0.39, 0.29) is 22.7 Å². The number of rotatable bonds is 7. The van der Waals surface area contributed by atoms with Crippen LogP contribution in [0.2, 0.25) is 0 Å². The molecule has 0 saturated carbocycles. The zero-order valence-electron chi connectivity index (χ0n) is 14.0. The highest BCUT2D eigenvalue weighted by Crippen LogP contribution is 2.25. The molecule has 2 aromatic rings. The van der Waals surface area contributed by atoms with E-state index >= 15 is 0 Å². The number of benzene rings is 2. The van der Waals surface area contributed by atoms with Gasteiger partial charge >= 0.3 is 6.61 Å². The second-order valence-corrected chi connectivity index (χ2v) is 5.37. The molecule has 2 N–H and O–H groups in total. The summed E-state index contributed by atoms with van der Waals surface area (Å²) < 4.78 is 29.1. The summed E-state index contributed by atoms with van der Waals surface area (Å²) in [4.78, 5) is 34.5. The molecule has 0 aliphatic rings. The van der Waals surface area contributed by atoms with Gasteiger partial charge in [-0.05, 0) is 25.1 Å². The van der Waals surface area contributed by atoms with E-state index in [2.05, 4.69) is 15.4 Å². The Balaban J connectivity index is 2.05. The number of hydrogen-bond acceptors (Lipinski definition) is 5. The van der Waals surface area contributed by atoms with E-state index in [0.29, 0.717) is 0 Å². The van der Waals surface area contributed by atoms with Crippen LogP contribution in [0.4, 0.5) is 20.2 Å². The summed E-state index contributed by atoms with van der Waals surface area (Å²) in [5.41, 5.74) is -0.248. The van der Waals surface area contributed by atoms with E-state index in [4.69, 9.17) is 0 Å². The predicted octanol–water partition coefficient (Wildman–Crippen LogP) is 2.95. The van der Waals surface area contributed by atoms with Gasteiger partial charge in [0.15, 0.2) is 0 Å². The molecule has 2 rings (SSSR count). The molecule has 8 nitrogen and oxygen atoms in total. The first-order valence-electron chi connectivity index (χ1n) is 7.68. The first-order chi connectivity index (χ1) is 12.8. The van der Waals surface area contributed by atoms with Crippen molar-refractivity contribution in [3.05, 3.63) is 64.2 Å². The monoisotopic (exact) mass is 379 g/mol. The number of non-ortho nitro benzene ring substituents is 1. The first kappa shape index (κ1) is 19.8. The number of halogens is 2. The van der Waals surface area contributed by atoms with Crippen molar-refractivity contribution in [2.45, 2.75) is 19.6 Å². The molecule has 10 heteroatoms. The number of ether oxygens (including phenoxy) is 1. The minimum absolute atomic E-state index is 0.00489. The summed E-state index contributed by atoms with van der Waals surface area (Å²) in [7, 11) is 0. The van der Waals surface area contributed by atoms with Crippen LogP contribution in [0.5, 0.6) is 5.75 Å². The molecule has 0 fully saturated rings. The first-order valence-corrected chi connectivity index (χ1v) is 7.68. The van der Waals surface area contributed by atoms with Crippen LogP contribution in [0.3, 0.4) is 0 Å². The van der Waals surface area contributed by atoms with Crippen molar-refractivity contribution < 1.29 is 28.0 Å². The Hall–Kier alpha value is -3.56. The molecular weight excluding hydrogens is 364 g/mol. The van der Waals surface area contributed by atoms with E-state index in [1.54, 1.807) is 0 Å². The lowest BCUT2D eigenvalue weighted by molar-refractivity contribution is -0.384. The van der Waals surface area contributed by atoms with Gasteiger partial charge < -0.3 is 15.4 Å². The highest BCUT2D eigenvalue weighted by molar-refractivity contribution is 6.01. The summed E-state index contributed by atoms with van der Waals surface area (Å²) >= 11 is 0. The van der Waals surface area contributed by atoms with Gasteiger partial charge in [0.1, 0.15) is 11.8 Å². The van der Waals surface area contributed by atoms with Gasteiger partial charge in [0, 0.05) is 17.7 Å². The Bertz CT molecular complexity index is 860. The van der Waals surface area contributed by atoms with Gasteiger partial charge in [-0.1, -0.05) is 18.2 Å². The summed E-state index contributed by atoms with van der Waals surface area (Å²) in [6.45, 7) is -1.68. The van der Waals surface area contributed by atoms with Crippen molar-refractivity contribution in [1.82, 2.24) is 5.32 Å². The second kappa shape index (κ2) is 8.70. The number of alkyl halides is 2. The zero-order chi connectivity index (χ0) is 20.0. The van der Waals surface area contributed by atoms with Gasteiger partial charge in [-0.2, -0.15) is 8.78 Å². The van der Waals surface area contributed by atoms with Gasteiger partial charge in [-0.15, -0.1) is 0 Å². The Labute approximate surface area is 152 Å². The lowest BCUT2D eigenvalue weighted by atomic mass is 10.1. The van der Waals surface area contributed by atoms with Gasteiger partial charge in [0.2, 0.25) is 5.91 Å². The predicted molar refractivity (Wildman–Crippen MR) is 91.7 cm³/mol. The van der Waals surface area contributed by atoms with Crippen molar-refractivity contribution in [2.75, 3.05) is 5.32 Å². The van der Waals surface area contributed by atoms with E-state index in [9.17, 15) is 28.5 Å². The summed E-state index contributed by atoms with van der Waals surface area (Å²) in [6, 6.07) is 9.56. The van der Waals surface area contributed by atoms with Gasteiger partial charge in [0.25, 0.3) is 11.6 Å². The van der Waals surface area contributed by atoms with Crippen molar-refractivity contribution in [3.8, 4) is 5.75 Å². The van der Waals surface area contributed by atoms with Crippen molar-refractivity contribution in [3.63, 3.8) is 0 Å². The van der Waals surface area contributed by atoms with Crippen LogP contribution >= 0.6 is 0 Å². The third-order valence-corrected chi connectivity index (χ3v) is 3.42. The molecule has 1 atom stereocenters. The third kappa shape index (κ3) is 5.46. The van der Waals surface area contributed by atoms with Crippen LogP contribution in [0.1, 0.15) is 17.3 Å². The van der Waals surface area contributed by atoms with Crippen LogP contribution in [0.25, 0.3) is 0 Å². The Morgan fingerprint density at radius 3 is 2.52 bits per heavy atom. The number of nitrogens with zero attached hydrogens (tertiary/aromatic N) is 1. The fraction of sp³-hybridized carbons (Fsp3) is 0.176. The molecule has 0 spiro atoms. The quantitative estimate of drug-likeness (QED) is 0.568. The molecular formula is C17H15F2N3O5. The van der Waals surface area contributed by atoms with Gasteiger partial charge in [0.05, 0.1) is 10.6 Å². The number of carbonyl (C=O) groups is 2. The fourth-order valence-electron chi connectivity index (χ4n) is 2.12. The molecule has 0 aliphatic carbocycles. The maximum atomic E-state index is 12.4. The second-order valence-electron chi connectivity index (χ2n) is 5.37. The average molecular weight is 379 g/mol. The van der Waals surface area contributed by atoms with Crippen LogP contribution in [-0.4, -0.2) is 29.4 Å². The number of para-hydroxylation sites is 2. The minimum atomic E-state index is -3.06. The molecule has 0 radical (unpaired) electrons.